The third-order valence-electron chi connectivity index (χ3n) is 3.93. The third kappa shape index (κ3) is 3.32. The number of nitrogens with zero attached hydrogens (tertiary/aromatic N) is 5. The Bertz CT molecular complexity index is 612. The molecule has 2 aromatic heterocycles. The highest BCUT2D eigenvalue weighted by molar-refractivity contribution is 5.67. The molecular formula is C15H24N6. The molecule has 21 heavy (non-hydrogen) atoms. The predicted octanol–water partition coefficient (Wildman–Crippen LogP) is 2.11. The van der Waals surface area contributed by atoms with Gasteiger partial charge in [-0.1, -0.05) is 6.42 Å². The number of aryl methyl sites for hydroxylation is 1. The smallest absolute Gasteiger partial charge is 0.200 e. The molecule has 0 amide bonds. The highest BCUT2D eigenvalue weighted by Crippen LogP contribution is 2.21. The van der Waals surface area contributed by atoms with Gasteiger partial charge in [0.05, 0.1) is 11.4 Å². The summed E-state index contributed by atoms with van der Waals surface area (Å²) in [7, 11) is 0. The molecule has 1 aliphatic heterocycles. The van der Waals surface area contributed by atoms with Crippen molar-refractivity contribution in [3.05, 3.63) is 18.1 Å². The third-order valence-corrected chi connectivity index (χ3v) is 3.93. The molecule has 6 heteroatoms. The lowest BCUT2D eigenvalue weighted by Crippen LogP contribution is -2.46. The van der Waals surface area contributed by atoms with Crippen LogP contribution in [0.15, 0.2) is 12.4 Å². The first-order valence-electron chi connectivity index (χ1n) is 7.72. The number of aromatic nitrogens is 4. The molecule has 114 valence electrons. The number of anilines is 1. The van der Waals surface area contributed by atoms with E-state index in [0.717, 1.165) is 23.6 Å². The molecule has 1 aliphatic rings. The molecule has 0 aliphatic carbocycles. The van der Waals surface area contributed by atoms with Crippen LogP contribution in [0, 0.1) is 6.92 Å². The summed E-state index contributed by atoms with van der Waals surface area (Å²) in [5.74, 6) is 0. The maximum atomic E-state index is 4.38. The van der Waals surface area contributed by atoms with E-state index in [1.165, 1.54) is 32.4 Å². The van der Waals surface area contributed by atoms with Gasteiger partial charge in [0, 0.05) is 12.1 Å². The lowest BCUT2D eigenvalue weighted by atomic mass is 10.0. The van der Waals surface area contributed by atoms with Crippen LogP contribution in [0.1, 0.15) is 38.8 Å². The summed E-state index contributed by atoms with van der Waals surface area (Å²) in [4.78, 5) is 2.55. The predicted molar refractivity (Wildman–Crippen MR) is 83.5 cm³/mol. The van der Waals surface area contributed by atoms with Gasteiger partial charge in [-0.15, -0.1) is 10.2 Å². The Hall–Kier alpha value is -1.69. The normalized spacial score (nSPS) is 17.3. The molecule has 2 aromatic rings. The standard InChI is InChI=1S/C15H24N6/c1-12-9-13(14-18-16-11-21(14)19-12)17-15(2,3)10-20-7-5-4-6-8-20/h9,11,17H,4-8,10H2,1-3H3. The lowest BCUT2D eigenvalue weighted by molar-refractivity contribution is 0.199. The van der Waals surface area contributed by atoms with Crippen LogP contribution >= 0.6 is 0 Å². The Morgan fingerprint density at radius 3 is 2.76 bits per heavy atom. The van der Waals surface area contributed by atoms with Crippen LogP contribution in [-0.2, 0) is 0 Å². The van der Waals surface area contributed by atoms with Gasteiger partial charge in [0.2, 0.25) is 5.65 Å². The average Bonchev–Trinajstić information content (AvgIpc) is 2.87. The van der Waals surface area contributed by atoms with Gasteiger partial charge >= 0.3 is 0 Å². The van der Waals surface area contributed by atoms with E-state index in [0.29, 0.717) is 0 Å². The quantitative estimate of drug-likeness (QED) is 0.933. The van der Waals surface area contributed by atoms with E-state index in [9.17, 15) is 0 Å². The van der Waals surface area contributed by atoms with E-state index in [1.807, 2.05) is 13.0 Å². The van der Waals surface area contributed by atoms with Crippen molar-refractivity contribution in [1.29, 1.82) is 0 Å². The average molecular weight is 288 g/mol. The zero-order valence-corrected chi connectivity index (χ0v) is 13.1. The Morgan fingerprint density at radius 1 is 1.24 bits per heavy atom. The molecule has 0 radical (unpaired) electrons. The molecule has 1 saturated heterocycles. The second-order valence-corrected chi connectivity index (χ2v) is 6.64. The molecule has 0 unspecified atom stereocenters. The van der Waals surface area contributed by atoms with Crippen molar-refractivity contribution in [3.8, 4) is 0 Å². The summed E-state index contributed by atoms with van der Waals surface area (Å²) in [6, 6.07) is 2.04. The highest BCUT2D eigenvalue weighted by Gasteiger charge is 2.24. The Morgan fingerprint density at radius 2 is 2.00 bits per heavy atom. The topological polar surface area (TPSA) is 58.3 Å². The van der Waals surface area contributed by atoms with Crippen LogP contribution < -0.4 is 5.32 Å². The fourth-order valence-corrected chi connectivity index (χ4v) is 3.13. The summed E-state index contributed by atoms with van der Waals surface area (Å²) in [5.41, 5.74) is 2.73. The van der Waals surface area contributed by atoms with E-state index in [-0.39, 0.29) is 5.54 Å². The van der Waals surface area contributed by atoms with Crippen molar-refractivity contribution in [3.63, 3.8) is 0 Å². The minimum absolute atomic E-state index is 0.0163. The van der Waals surface area contributed by atoms with Crippen LogP contribution in [0.3, 0.4) is 0 Å². The van der Waals surface area contributed by atoms with Gasteiger partial charge < -0.3 is 10.2 Å². The van der Waals surface area contributed by atoms with Gasteiger partial charge in [-0.25, -0.2) is 0 Å². The van der Waals surface area contributed by atoms with Gasteiger partial charge in [-0.3, -0.25) is 0 Å². The number of nitrogens with one attached hydrogen (secondary N) is 1. The molecule has 1 fully saturated rings. The fourth-order valence-electron chi connectivity index (χ4n) is 3.13. The minimum Gasteiger partial charge on any atom is -0.376 e. The minimum atomic E-state index is -0.0163. The summed E-state index contributed by atoms with van der Waals surface area (Å²) in [5, 5.41) is 16.1. The highest BCUT2D eigenvalue weighted by atomic mass is 15.3. The number of hydrogen-bond donors (Lipinski definition) is 1. The van der Waals surface area contributed by atoms with Crippen LogP contribution in [-0.4, -0.2) is 49.9 Å². The van der Waals surface area contributed by atoms with Crippen molar-refractivity contribution in [2.45, 2.75) is 45.6 Å². The summed E-state index contributed by atoms with van der Waals surface area (Å²) < 4.78 is 1.73. The Balaban J connectivity index is 1.78. The number of rotatable bonds is 4. The van der Waals surface area contributed by atoms with E-state index >= 15 is 0 Å². The molecule has 0 spiro atoms. The van der Waals surface area contributed by atoms with E-state index < -0.39 is 0 Å². The largest absolute Gasteiger partial charge is 0.376 e. The van der Waals surface area contributed by atoms with E-state index in [2.05, 4.69) is 39.4 Å². The zero-order valence-electron chi connectivity index (χ0n) is 13.1. The second-order valence-electron chi connectivity index (χ2n) is 6.64. The van der Waals surface area contributed by atoms with Crippen LogP contribution in [0.2, 0.25) is 0 Å². The van der Waals surface area contributed by atoms with Crippen molar-refractivity contribution >= 4 is 11.3 Å². The van der Waals surface area contributed by atoms with Gasteiger partial charge in [-0.2, -0.15) is 9.61 Å². The summed E-state index contributed by atoms with van der Waals surface area (Å²) >= 11 is 0. The fraction of sp³-hybridized carbons (Fsp3) is 0.667. The summed E-state index contributed by atoms with van der Waals surface area (Å²) in [6.45, 7) is 9.92. The van der Waals surface area contributed by atoms with Crippen molar-refractivity contribution in [1.82, 2.24) is 24.7 Å². The van der Waals surface area contributed by atoms with Gasteiger partial charge in [0.25, 0.3) is 0 Å². The Labute approximate surface area is 125 Å². The molecule has 0 aromatic carbocycles. The molecule has 0 bridgehead atoms. The first-order chi connectivity index (χ1) is 10.0. The molecule has 3 rings (SSSR count). The van der Waals surface area contributed by atoms with E-state index in [1.54, 1.807) is 10.8 Å². The first-order valence-corrected chi connectivity index (χ1v) is 7.72. The molecule has 3 heterocycles. The second kappa shape index (κ2) is 5.60. The summed E-state index contributed by atoms with van der Waals surface area (Å²) in [6.07, 6.45) is 5.65. The zero-order chi connectivity index (χ0) is 14.9. The van der Waals surface area contributed by atoms with Crippen LogP contribution in [0.4, 0.5) is 5.69 Å². The SMILES string of the molecule is Cc1cc(NC(C)(C)CN2CCCCC2)c2nncn2n1. The maximum absolute atomic E-state index is 4.38. The Kier molecular flexibility index (Phi) is 3.80. The van der Waals surface area contributed by atoms with E-state index in [4.69, 9.17) is 0 Å². The number of piperidine rings is 1. The number of hydrogen-bond acceptors (Lipinski definition) is 5. The maximum Gasteiger partial charge on any atom is 0.200 e. The lowest BCUT2D eigenvalue weighted by Gasteiger charge is -2.36. The molecule has 0 atom stereocenters. The number of likely N-dealkylation sites (tertiary alicyclic amines) is 1. The van der Waals surface area contributed by atoms with Crippen molar-refractivity contribution in [2.24, 2.45) is 0 Å². The van der Waals surface area contributed by atoms with Gasteiger partial charge in [0.1, 0.15) is 6.33 Å². The monoisotopic (exact) mass is 288 g/mol. The van der Waals surface area contributed by atoms with Gasteiger partial charge in [0.15, 0.2) is 0 Å². The molecule has 1 N–H and O–H groups in total. The van der Waals surface area contributed by atoms with Crippen LogP contribution in [0.5, 0.6) is 0 Å². The number of fused-ring (bicyclic) bond motifs is 1. The molecular weight excluding hydrogens is 264 g/mol. The first kappa shape index (κ1) is 14.3. The molecule has 6 nitrogen and oxygen atoms in total. The van der Waals surface area contributed by atoms with Crippen molar-refractivity contribution < 1.29 is 0 Å². The van der Waals surface area contributed by atoms with Crippen molar-refractivity contribution in [2.75, 3.05) is 25.0 Å². The van der Waals surface area contributed by atoms with Gasteiger partial charge in [-0.05, 0) is 52.8 Å². The van der Waals surface area contributed by atoms with Crippen LogP contribution in [0.25, 0.3) is 5.65 Å². The molecule has 0 saturated carbocycles.